The summed E-state index contributed by atoms with van der Waals surface area (Å²) in [5, 5.41) is 4.45. The lowest BCUT2D eigenvalue weighted by Crippen LogP contribution is -2.23. The number of imidazole rings is 1. The zero-order valence-corrected chi connectivity index (χ0v) is 8.61. The van der Waals surface area contributed by atoms with Gasteiger partial charge in [0.2, 0.25) is 0 Å². The Kier molecular flexibility index (Phi) is 2.18. The Morgan fingerprint density at radius 2 is 2.20 bits per heavy atom. The molecule has 3 rings (SSSR count). The van der Waals surface area contributed by atoms with Gasteiger partial charge in [0.25, 0.3) is 0 Å². The van der Waals surface area contributed by atoms with Crippen molar-refractivity contribution in [1.29, 1.82) is 0 Å². The maximum Gasteiger partial charge on any atom is 0.111 e. The quantitative estimate of drug-likeness (QED) is 0.752. The van der Waals surface area contributed by atoms with Crippen molar-refractivity contribution in [1.82, 2.24) is 15.3 Å². The molecule has 2 heterocycles. The fraction of sp³-hybridized carbons (Fsp3) is 0.417. The van der Waals surface area contributed by atoms with Gasteiger partial charge in [0, 0.05) is 19.0 Å². The van der Waals surface area contributed by atoms with Crippen molar-refractivity contribution in [2.24, 2.45) is 0 Å². The lowest BCUT2D eigenvalue weighted by Gasteiger charge is -2.18. The monoisotopic (exact) mass is 200 g/mol. The summed E-state index contributed by atoms with van der Waals surface area (Å²) in [7, 11) is 0. The van der Waals surface area contributed by atoms with E-state index in [1.807, 2.05) is 12.1 Å². The average Bonchev–Trinajstić information content (AvgIpc) is 2.74. The lowest BCUT2D eigenvalue weighted by molar-refractivity contribution is 0.442. The van der Waals surface area contributed by atoms with Crippen LogP contribution >= 0.6 is 0 Å². The number of hydrogen-bond donors (Lipinski definition) is 1. The predicted octanol–water partition coefficient (Wildman–Crippen LogP) is 2.04. The fourth-order valence-corrected chi connectivity index (χ4v) is 2.18. The minimum Gasteiger partial charge on any atom is -0.342 e. The van der Waals surface area contributed by atoms with Gasteiger partial charge in [0.1, 0.15) is 5.82 Å². The number of nitrogens with zero attached hydrogens (tertiary/aromatic N) is 2. The van der Waals surface area contributed by atoms with Gasteiger partial charge in [0.05, 0.1) is 11.0 Å². The highest BCUT2D eigenvalue weighted by Gasteiger charge is 2.18. The van der Waals surface area contributed by atoms with Gasteiger partial charge in [-0.1, -0.05) is 12.1 Å². The molecule has 1 fully saturated rings. The first-order chi connectivity index (χ1) is 7.43. The maximum absolute atomic E-state index is 4.62. The first kappa shape index (κ1) is 8.92. The number of aromatic amines is 1. The third kappa shape index (κ3) is 1.63. The predicted molar refractivity (Wildman–Crippen MR) is 59.9 cm³/mol. The van der Waals surface area contributed by atoms with Crippen LogP contribution in [0.2, 0.25) is 0 Å². The smallest absolute Gasteiger partial charge is 0.111 e. The highest BCUT2D eigenvalue weighted by molar-refractivity contribution is 5.74. The van der Waals surface area contributed by atoms with Crippen LogP contribution in [0.4, 0.5) is 0 Å². The van der Waals surface area contributed by atoms with Crippen LogP contribution < -0.4 is 5.32 Å². The van der Waals surface area contributed by atoms with E-state index in [1.165, 1.54) is 12.8 Å². The minimum atomic E-state index is 0.506. The second-order valence-corrected chi connectivity index (χ2v) is 4.11. The molecule has 15 heavy (non-hydrogen) atoms. The molecule has 1 N–H and O–H groups in total. The highest BCUT2D eigenvalue weighted by Crippen LogP contribution is 2.23. The summed E-state index contributed by atoms with van der Waals surface area (Å²) in [6, 6.07) is 8.19. The molecule has 1 aliphatic rings. The molecule has 1 unspecified atom stereocenters. The van der Waals surface area contributed by atoms with Gasteiger partial charge in [-0.2, -0.15) is 0 Å². The minimum absolute atomic E-state index is 0.506. The van der Waals surface area contributed by atoms with E-state index in [-0.39, 0.29) is 0 Å². The molecule has 1 radical (unpaired) electrons. The Balaban J connectivity index is 1.96. The van der Waals surface area contributed by atoms with Gasteiger partial charge in [0.15, 0.2) is 0 Å². The Morgan fingerprint density at radius 3 is 3.00 bits per heavy atom. The molecule has 1 aromatic carbocycles. The zero-order chi connectivity index (χ0) is 10.1. The first-order valence-corrected chi connectivity index (χ1v) is 5.51. The number of rotatable bonds is 1. The molecular weight excluding hydrogens is 186 g/mol. The standard InChI is InChI=1S/C12H14N3/c1-2-6-11-10(5-1)14-12(15-11)9-4-3-7-13-8-9/h1-2,5-6,9H,3-4,7-8H2,(H,14,15). The molecule has 1 saturated heterocycles. The van der Waals surface area contributed by atoms with Crippen molar-refractivity contribution >= 4 is 11.0 Å². The van der Waals surface area contributed by atoms with E-state index in [2.05, 4.69) is 27.4 Å². The molecule has 1 atom stereocenters. The molecule has 77 valence electrons. The Morgan fingerprint density at radius 1 is 1.27 bits per heavy atom. The third-order valence-corrected chi connectivity index (χ3v) is 3.01. The van der Waals surface area contributed by atoms with Crippen molar-refractivity contribution in [3.63, 3.8) is 0 Å². The van der Waals surface area contributed by atoms with Gasteiger partial charge in [-0.25, -0.2) is 10.3 Å². The summed E-state index contributed by atoms with van der Waals surface area (Å²) in [5.74, 6) is 1.62. The summed E-state index contributed by atoms with van der Waals surface area (Å²) in [4.78, 5) is 8.02. The number of H-pyrrole nitrogens is 1. The number of nitrogens with one attached hydrogen (secondary N) is 1. The van der Waals surface area contributed by atoms with Crippen LogP contribution in [0.3, 0.4) is 0 Å². The summed E-state index contributed by atoms with van der Waals surface area (Å²) in [6.45, 7) is 1.95. The summed E-state index contributed by atoms with van der Waals surface area (Å²) in [5.41, 5.74) is 2.20. The number of hydrogen-bond acceptors (Lipinski definition) is 1. The SMILES string of the molecule is c1ccc2[nH]c(C3CCC[N]C3)nc2c1. The maximum atomic E-state index is 4.62. The van der Waals surface area contributed by atoms with Crippen LogP contribution in [-0.4, -0.2) is 23.1 Å². The van der Waals surface area contributed by atoms with Gasteiger partial charge < -0.3 is 4.98 Å². The zero-order valence-electron chi connectivity index (χ0n) is 8.61. The molecule has 0 aliphatic carbocycles. The van der Waals surface area contributed by atoms with E-state index in [1.54, 1.807) is 0 Å². The van der Waals surface area contributed by atoms with E-state index in [0.29, 0.717) is 5.92 Å². The van der Waals surface area contributed by atoms with Crippen LogP contribution in [0.25, 0.3) is 11.0 Å². The van der Waals surface area contributed by atoms with Gasteiger partial charge in [-0.05, 0) is 25.0 Å². The fourth-order valence-electron chi connectivity index (χ4n) is 2.18. The van der Waals surface area contributed by atoms with Crippen molar-refractivity contribution in [3.05, 3.63) is 30.1 Å². The second-order valence-electron chi connectivity index (χ2n) is 4.11. The van der Waals surface area contributed by atoms with E-state index in [9.17, 15) is 0 Å². The molecule has 3 heteroatoms. The molecule has 1 aromatic heterocycles. The third-order valence-electron chi connectivity index (χ3n) is 3.01. The van der Waals surface area contributed by atoms with Crippen molar-refractivity contribution in [2.75, 3.05) is 13.1 Å². The summed E-state index contributed by atoms with van der Waals surface area (Å²) < 4.78 is 0. The molecule has 0 saturated carbocycles. The van der Waals surface area contributed by atoms with E-state index >= 15 is 0 Å². The molecular formula is C12H14N3. The second kappa shape index (κ2) is 3.66. The van der Waals surface area contributed by atoms with Gasteiger partial charge >= 0.3 is 0 Å². The molecule has 1 aliphatic heterocycles. The van der Waals surface area contributed by atoms with E-state index < -0.39 is 0 Å². The first-order valence-electron chi connectivity index (χ1n) is 5.51. The van der Waals surface area contributed by atoms with Gasteiger partial charge in [-0.15, -0.1) is 0 Å². The largest absolute Gasteiger partial charge is 0.342 e. The van der Waals surface area contributed by atoms with Crippen LogP contribution in [0.15, 0.2) is 24.3 Å². The molecule has 0 bridgehead atoms. The number of aromatic nitrogens is 2. The number of benzene rings is 1. The van der Waals surface area contributed by atoms with Gasteiger partial charge in [-0.3, -0.25) is 0 Å². The lowest BCUT2D eigenvalue weighted by atomic mass is 9.99. The average molecular weight is 200 g/mol. The Bertz CT molecular complexity index is 422. The Hall–Kier alpha value is -1.35. The number of fused-ring (bicyclic) bond motifs is 1. The highest BCUT2D eigenvalue weighted by atomic mass is 15.0. The molecule has 0 amide bonds. The number of piperidine rings is 1. The van der Waals surface area contributed by atoms with E-state index in [4.69, 9.17) is 0 Å². The molecule has 0 spiro atoms. The van der Waals surface area contributed by atoms with Crippen molar-refractivity contribution < 1.29 is 0 Å². The molecule has 3 nitrogen and oxygen atoms in total. The van der Waals surface area contributed by atoms with Crippen LogP contribution in [0.1, 0.15) is 24.6 Å². The van der Waals surface area contributed by atoms with E-state index in [0.717, 1.165) is 29.9 Å². The van der Waals surface area contributed by atoms with Crippen molar-refractivity contribution in [3.8, 4) is 0 Å². The van der Waals surface area contributed by atoms with Crippen LogP contribution in [0, 0.1) is 0 Å². The summed E-state index contributed by atoms with van der Waals surface area (Å²) in [6.07, 6.45) is 2.41. The number of para-hydroxylation sites is 2. The van der Waals surface area contributed by atoms with Crippen molar-refractivity contribution in [2.45, 2.75) is 18.8 Å². The topological polar surface area (TPSA) is 42.8 Å². The normalized spacial score (nSPS) is 22.0. The molecule has 2 aromatic rings. The summed E-state index contributed by atoms with van der Waals surface area (Å²) >= 11 is 0. The van der Waals surface area contributed by atoms with Crippen LogP contribution in [-0.2, 0) is 0 Å². The van der Waals surface area contributed by atoms with Crippen LogP contribution in [0.5, 0.6) is 0 Å². The Labute approximate surface area is 88.9 Å².